The summed E-state index contributed by atoms with van der Waals surface area (Å²) in [4.78, 5) is 15.4. The number of hydrogen-bond acceptors (Lipinski definition) is 4. The van der Waals surface area contributed by atoms with Gasteiger partial charge in [-0.25, -0.2) is 18.4 Å². The van der Waals surface area contributed by atoms with Crippen molar-refractivity contribution < 1.29 is 17.9 Å². The molecule has 2 N–H and O–H groups in total. The molecule has 0 unspecified atom stereocenters. The number of nitrogens with two attached hydrogens (primary N) is 1. The number of nitrogens with zero attached hydrogens (tertiary/aromatic N) is 2. The summed E-state index contributed by atoms with van der Waals surface area (Å²) in [7, 11) is -2.07. The molecule has 1 saturated heterocycles. The SMILES string of the molecule is CN(C(=O)N1CCOCC1)c1ccc(S(N)(=O)=O)cc1. The van der Waals surface area contributed by atoms with Crippen molar-refractivity contribution >= 4 is 21.7 Å². The van der Waals surface area contributed by atoms with Crippen molar-refractivity contribution in [2.75, 3.05) is 38.3 Å². The summed E-state index contributed by atoms with van der Waals surface area (Å²) in [6.07, 6.45) is 0. The molecular weight excluding hydrogens is 282 g/mol. The predicted molar refractivity (Wildman–Crippen MR) is 74.0 cm³/mol. The Morgan fingerprint density at radius 1 is 1.25 bits per heavy atom. The van der Waals surface area contributed by atoms with Gasteiger partial charge in [0.15, 0.2) is 0 Å². The normalized spacial score (nSPS) is 16.0. The molecule has 1 heterocycles. The van der Waals surface area contributed by atoms with E-state index in [-0.39, 0.29) is 10.9 Å². The van der Waals surface area contributed by atoms with E-state index in [0.717, 1.165) is 0 Å². The second-order valence-corrected chi connectivity index (χ2v) is 6.04. The average Bonchev–Trinajstić information content (AvgIpc) is 2.46. The van der Waals surface area contributed by atoms with Crippen LogP contribution in [-0.4, -0.2) is 52.7 Å². The van der Waals surface area contributed by atoms with Crippen LogP contribution in [0.2, 0.25) is 0 Å². The third-order valence-electron chi connectivity index (χ3n) is 3.12. The largest absolute Gasteiger partial charge is 0.378 e. The number of amides is 2. The molecule has 0 atom stereocenters. The Bertz CT molecular complexity index is 579. The third kappa shape index (κ3) is 3.27. The molecule has 0 aromatic heterocycles. The molecule has 0 saturated carbocycles. The zero-order chi connectivity index (χ0) is 14.8. The highest BCUT2D eigenvalue weighted by molar-refractivity contribution is 7.89. The van der Waals surface area contributed by atoms with Gasteiger partial charge in [-0.3, -0.25) is 4.90 Å². The first-order valence-corrected chi connectivity index (χ1v) is 7.67. The number of hydrogen-bond donors (Lipinski definition) is 1. The molecule has 2 rings (SSSR count). The molecule has 1 fully saturated rings. The van der Waals surface area contributed by atoms with Crippen LogP contribution >= 0.6 is 0 Å². The quantitative estimate of drug-likeness (QED) is 0.845. The fraction of sp³-hybridized carbons (Fsp3) is 0.417. The number of sulfonamides is 1. The van der Waals surface area contributed by atoms with Crippen LogP contribution < -0.4 is 10.0 Å². The Hall–Kier alpha value is -1.64. The first kappa shape index (κ1) is 14.8. The summed E-state index contributed by atoms with van der Waals surface area (Å²) in [5, 5.41) is 5.03. The maximum atomic E-state index is 12.2. The summed E-state index contributed by atoms with van der Waals surface area (Å²) >= 11 is 0. The van der Waals surface area contributed by atoms with Crippen molar-refractivity contribution in [1.82, 2.24) is 4.90 Å². The maximum absolute atomic E-state index is 12.2. The average molecular weight is 299 g/mol. The Morgan fingerprint density at radius 2 is 1.80 bits per heavy atom. The minimum atomic E-state index is -3.72. The van der Waals surface area contributed by atoms with Gasteiger partial charge in [0, 0.05) is 25.8 Å². The lowest BCUT2D eigenvalue weighted by Gasteiger charge is -2.31. The molecule has 110 valence electrons. The summed E-state index contributed by atoms with van der Waals surface area (Å²) in [5.74, 6) is 0. The number of morpholine rings is 1. The topological polar surface area (TPSA) is 92.9 Å². The number of ether oxygens (including phenoxy) is 1. The van der Waals surface area contributed by atoms with Gasteiger partial charge in [0.05, 0.1) is 18.1 Å². The third-order valence-corrected chi connectivity index (χ3v) is 4.05. The van der Waals surface area contributed by atoms with Crippen LogP contribution in [0.25, 0.3) is 0 Å². The van der Waals surface area contributed by atoms with Crippen molar-refractivity contribution in [1.29, 1.82) is 0 Å². The van der Waals surface area contributed by atoms with E-state index in [9.17, 15) is 13.2 Å². The number of carbonyl (C=O) groups is 1. The maximum Gasteiger partial charge on any atom is 0.324 e. The van der Waals surface area contributed by atoms with Gasteiger partial charge < -0.3 is 9.64 Å². The number of benzene rings is 1. The molecule has 0 radical (unpaired) electrons. The lowest BCUT2D eigenvalue weighted by molar-refractivity contribution is 0.0551. The van der Waals surface area contributed by atoms with Gasteiger partial charge in [-0.05, 0) is 24.3 Å². The number of anilines is 1. The van der Waals surface area contributed by atoms with Crippen LogP contribution in [0.1, 0.15) is 0 Å². The van der Waals surface area contributed by atoms with Crippen molar-refractivity contribution in [3.05, 3.63) is 24.3 Å². The van der Waals surface area contributed by atoms with Crippen LogP contribution in [0.15, 0.2) is 29.2 Å². The number of carbonyl (C=O) groups excluding carboxylic acids is 1. The molecule has 1 aromatic carbocycles. The van der Waals surface area contributed by atoms with Crippen molar-refractivity contribution in [2.45, 2.75) is 4.90 Å². The van der Waals surface area contributed by atoms with Crippen LogP contribution in [0.5, 0.6) is 0 Å². The highest BCUT2D eigenvalue weighted by atomic mass is 32.2. The summed E-state index contributed by atoms with van der Waals surface area (Å²) < 4.78 is 27.5. The molecule has 1 aliphatic heterocycles. The molecular formula is C12H17N3O4S. The lowest BCUT2D eigenvalue weighted by atomic mass is 10.3. The zero-order valence-corrected chi connectivity index (χ0v) is 12.0. The number of urea groups is 1. The summed E-state index contributed by atoms with van der Waals surface area (Å²) in [6.45, 7) is 2.17. The minimum absolute atomic E-state index is 0.0217. The van der Waals surface area contributed by atoms with E-state index < -0.39 is 10.0 Å². The van der Waals surface area contributed by atoms with E-state index >= 15 is 0 Å². The van der Waals surface area contributed by atoms with Crippen LogP contribution in [0.3, 0.4) is 0 Å². The van der Waals surface area contributed by atoms with E-state index in [0.29, 0.717) is 32.0 Å². The fourth-order valence-electron chi connectivity index (χ4n) is 1.94. The molecule has 8 heteroatoms. The van der Waals surface area contributed by atoms with Gasteiger partial charge in [-0.15, -0.1) is 0 Å². The van der Waals surface area contributed by atoms with E-state index in [4.69, 9.17) is 9.88 Å². The molecule has 0 aliphatic carbocycles. The highest BCUT2D eigenvalue weighted by Gasteiger charge is 2.21. The first-order valence-electron chi connectivity index (χ1n) is 6.13. The molecule has 2 amide bonds. The molecule has 0 spiro atoms. The van der Waals surface area contributed by atoms with Crippen molar-refractivity contribution in [2.24, 2.45) is 5.14 Å². The van der Waals surface area contributed by atoms with Gasteiger partial charge in [0.25, 0.3) is 0 Å². The number of rotatable bonds is 2. The standard InChI is InChI=1S/C12H17N3O4S/c1-14(12(16)15-6-8-19-9-7-15)10-2-4-11(5-3-10)20(13,17)18/h2-5H,6-9H2,1H3,(H2,13,17,18). The summed E-state index contributed by atoms with van der Waals surface area (Å²) in [6, 6.07) is 5.73. The van der Waals surface area contributed by atoms with E-state index in [1.165, 1.54) is 17.0 Å². The van der Waals surface area contributed by atoms with E-state index in [2.05, 4.69) is 0 Å². The lowest BCUT2D eigenvalue weighted by Crippen LogP contribution is -2.47. The van der Waals surface area contributed by atoms with E-state index in [1.807, 2.05) is 0 Å². The van der Waals surface area contributed by atoms with Gasteiger partial charge in [0.2, 0.25) is 10.0 Å². The van der Waals surface area contributed by atoms with Gasteiger partial charge >= 0.3 is 6.03 Å². The summed E-state index contributed by atoms with van der Waals surface area (Å²) in [5.41, 5.74) is 0.605. The predicted octanol–water partition coefficient (Wildman–Crippen LogP) is 0.222. The second kappa shape index (κ2) is 5.78. The minimum Gasteiger partial charge on any atom is -0.378 e. The van der Waals surface area contributed by atoms with Crippen LogP contribution in [0, 0.1) is 0 Å². The molecule has 0 bridgehead atoms. The molecule has 20 heavy (non-hydrogen) atoms. The van der Waals surface area contributed by atoms with E-state index in [1.54, 1.807) is 24.1 Å². The smallest absolute Gasteiger partial charge is 0.324 e. The monoisotopic (exact) mass is 299 g/mol. The Balaban J connectivity index is 2.12. The highest BCUT2D eigenvalue weighted by Crippen LogP contribution is 2.17. The number of primary sulfonamides is 1. The molecule has 1 aromatic rings. The van der Waals surface area contributed by atoms with Gasteiger partial charge in [-0.2, -0.15) is 0 Å². The van der Waals surface area contributed by atoms with Gasteiger partial charge in [0.1, 0.15) is 0 Å². The van der Waals surface area contributed by atoms with Crippen molar-refractivity contribution in [3.63, 3.8) is 0 Å². The van der Waals surface area contributed by atoms with Crippen LogP contribution in [-0.2, 0) is 14.8 Å². The van der Waals surface area contributed by atoms with Crippen LogP contribution in [0.4, 0.5) is 10.5 Å². The second-order valence-electron chi connectivity index (χ2n) is 4.48. The zero-order valence-electron chi connectivity index (χ0n) is 11.2. The Morgan fingerprint density at radius 3 is 2.30 bits per heavy atom. The Kier molecular flexibility index (Phi) is 4.26. The fourth-order valence-corrected chi connectivity index (χ4v) is 2.45. The first-order chi connectivity index (χ1) is 9.39. The van der Waals surface area contributed by atoms with Crippen molar-refractivity contribution in [3.8, 4) is 0 Å². The molecule has 1 aliphatic rings. The molecule has 7 nitrogen and oxygen atoms in total. The Labute approximate surface area is 118 Å². The van der Waals surface area contributed by atoms with Gasteiger partial charge in [-0.1, -0.05) is 0 Å².